The fraction of sp³-hybridized carbons (Fsp3) is 0.889. The Morgan fingerprint density at radius 1 is 1.54 bits per heavy atom. The summed E-state index contributed by atoms with van der Waals surface area (Å²) >= 11 is 0. The molecule has 0 aromatic heterocycles. The maximum Gasteiger partial charge on any atom is 0.328 e. The van der Waals surface area contributed by atoms with E-state index in [4.69, 9.17) is 0 Å². The first-order valence-electron chi connectivity index (χ1n) is 4.92. The summed E-state index contributed by atoms with van der Waals surface area (Å²) in [5, 5.41) is 7.01. The van der Waals surface area contributed by atoms with E-state index in [2.05, 4.69) is 17.2 Å². The quantitative estimate of drug-likeness (QED) is 0.623. The summed E-state index contributed by atoms with van der Waals surface area (Å²) < 4.78 is 0. The molecule has 4 nitrogen and oxygen atoms in total. The van der Waals surface area contributed by atoms with Crippen LogP contribution in [0.15, 0.2) is 0 Å². The summed E-state index contributed by atoms with van der Waals surface area (Å²) in [6.07, 6.45) is 2.98. The predicted octanol–water partition coefficient (Wildman–Crippen LogP) is -0.0257. The lowest BCUT2D eigenvalue weighted by molar-refractivity contribution is -0.000395. The molecular formula is C9H18N3O. The second kappa shape index (κ2) is 5.19. The van der Waals surface area contributed by atoms with Gasteiger partial charge in [0.1, 0.15) is 0 Å². The molecule has 1 fully saturated rings. The summed E-state index contributed by atoms with van der Waals surface area (Å²) in [6.45, 7) is 7.84. The average Bonchev–Trinajstić information content (AvgIpc) is 2.20. The third-order valence-electron chi connectivity index (χ3n) is 2.50. The van der Waals surface area contributed by atoms with Crippen LogP contribution in [-0.4, -0.2) is 48.6 Å². The predicted molar refractivity (Wildman–Crippen MR) is 51.7 cm³/mol. The molecule has 1 aliphatic rings. The normalized spacial score (nSPS) is 21.1. The first-order chi connectivity index (χ1) is 6.29. The second-order valence-corrected chi connectivity index (χ2v) is 3.40. The Morgan fingerprint density at radius 2 is 2.15 bits per heavy atom. The van der Waals surface area contributed by atoms with Gasteiger partial charge in [-0.05, 0) is 13.3 Å². The van der Waals surface area contributed by atoms with Crippen molar-refractivity contribution in [2.24, 2.45) is 0 Å². The van der Waals surface area contributed by atoms with Crippen molar-refractivity contribution in [3.8, 4) is 0 Å². The number of nitrogens with one attached hydrogen (secondary N) is 1. The Morgan fingerprint density at radius 3 is 2.62 bits per heavy atom. The van der Waals surface area contributed by atoms with E-state index >= 15 is 0 Å². The highest BCUT2D eigenvalue weighted by atomic mass is 16.1. The minimum Gasteiger partial charge on any atom is -0.314 e. The zero-order chi connectivity index (χ0) is 9.68. The van der Waals surface area contributed by atoms with Gasteiger partial charge in [-0.3, -0.25) is 9.80 Å². The van der Waals surface area contributed by atoms with Gasteiger partial charge in [-0.15, -0.1) is 0 Å². The number of hydrazine groups is 1. The summed E-state index contributed by atoms with van der Waals surface area (Å²) in [5.74, 6) is 0. The van der Waals surface area contributed by atoms with Crippen LogP contribution >= 0.6 is 0 Å². The van der Waals surface area contributed by atoms with Crippen molar-refractivity contribution in [3.05, 3.63) is 0 Å². The largest absolute Gasteiger partial charge is 0.328 e. The third kappa shape index (κ3) is 2.67. The van der Waals surface area contributed by atoms with E-state index in [1.165, 1.54) is 0 Å². The molecule has 1 rings (SSSR count). The van der Waals surface area contributed by atoms with Crippen molar-refractivity contribution in [2.75, 3.05) is 26.2 Å². The molecule has 0 spiro atoms. The Balaban J connectivity index is 2.48. The fourth-order valence-electron chi connectivity index (χ4n) is 1.47. The number of amides is 1. The number of hydrogen-bond acceptors (Lipinski definition) is 3. The van der Waals surface area contributed by atoms with Gasteiger partial charge >= 0.3 is 6.41 Å². The number of piperazine rings is 1. The van der Waals surface area contributed by atoms with Crippen LogP contribution in [0.5, 0.6) is 0 Å². The van der Waals surface area contributed by atoms with Gasteiger partial charge in [0.25, 0.3) is 0 Å². The molecule has 1 unspecified atom stereocenters. The SMILES string of the molecule is CCC(C)N([C]=O)N1CCNCC1. The van der Waals surface area contributed by atoms with E-state index in [-0.39, 0.29) is 6.04 Å². The molecule has 1 heterocycles. The molecule has 0 saturated carbocycles. The number of carbonyl (C=O) groups excluding carboxylic acids is 1. The Labute approximate surface area is 79.9 Å². The molecule has 1 N–H and O–H groups in total. The van der Waals surface area contributed by atoms with Gasteiger partial charge in [0.05, 0.1) is 0 Å². The van der Waals surface area contributed by atoms with Gasteiger partial charge in [-0.2, -0.15) is 0 Å². The summed E-state index contributed by atoms with van der Waals surface area (Å²) in [7, 11) is 0. The minimum absolute atomic E-state index is 0.260. The van der Waals surface area contributed by atoms with Gasteiger partial charge in [0.2, 0.25) is 0 Å². The first-order valence-corrected chi connectivity index (χ1v) is 4.92. The molecule has 1 saturated heterocycles. The van der Waals surface area contributed by atoms with E-state index in [1.807, 2.05) is 13.3 Å². The molecule has 13 heavy (non-hydrogen) atoms. The van der Waals surface area contributed by atoms with Gasteiger partial charge in [-0.25, -0.2) is 5.01 Å². The van der Waals surface area contributed by atoms with Crippen molar-refractivity contribution < 1.29 is 4.79 Å². The van der Waals surface area contributed by atoms with E-state index in [1.54, 1.807) is 5.01 Å². The third-order valence-corrected chi connectivity index (χ3v) is 2.50. The summed E-state index contributed by atoms with van der Waals surface area (Å²) in [5.41, 5.74) is 0. The summed E-state index contributed by atoms with van der Waals surface area (Å²) in [6, 6.07) is 0.260. The topological polar surface area (TPSA) is 35.6 Å². The molecule has 0 bridgehead atoms. The monoisotopic (exact) mass is 184 g/mol. The average molecular weight is 184 g/mol. The van der Waals surface area contributed by atoms with Gasteiger partial charge in [-0.1, -0.05) is 6.92 Å². The number of rotatable bonds is 4. The lowest BCUT2D eigenvalue weighted by Crippen LogP contribution is -2.54. The minimum atomic E-state index is 0.260. The van der Waals surface area contributed by atoms with E-state index in [0.29, 0.717) is 0 Å². The van der Waals surface area contributed by atoms with Crippen LogP contribution < -0.4 is 5.32 Å². The zero-order valence-corrected chi connectivity index (χ0v) is 8.42. The molecular weight excluding hydrogens is 166 g/mol. The van der Waals surface area contributed by atoms with Crippen molar-refractivity contribution in [1.82, 2.24) is 15.3 Å². The number of hydrogen-bond donors (Lipinski definition) is 1. The Hall–Kier alpha value is -0.610. The van der Waals surface area contributed by atoms with Crippen molar-refractivity contribution in [2.45, 2.75) is 26.3 Å². The smallest absolute Gasteiger partial charge is 0.314 e. The van der Waals surface area contributed by atoms with E-state index < -0.39 is 0 Å². The highest BCUT2D eigenvalue weighted by Gasteiger charge is 2.20. The highest BCUT2D eigenvalue weighted by molar-refractivity contribution is 5.47. The molecule has 0 aromatic carbocycles. The zero-order valence-electron chi connectivity index (χ0n) is 8.42. The summed E-state index contributed by atoms with van der Waals surface area (Å²) in [4.78, 5) is 10.7. The van der Waals surface area contributed by atoms with Crippen LogP contribution in [0.25, 0.3) is 0 Å². The maximum absolute atomic E-state index is 10.7. The molecule has 1 atom stereocenters. The fourth-order valence-corrected chi connectivity index (χ4v) is 1.47. The van der Waals surface area contributed by atoms with Crippen LogP contribution in [0.4, 0.5) is 0 Å². The second-order valence-electron chi connectivity index (χ2n) is 3.40. The van der Waals surface area contributed by atoms with Crippen LogP contribution in [0.1, 0.15) is 20.3 Å². The van der Waals surface area contributed by atoms with E-state index in [0.717, 1.165) is 32.6 Å². The van der Waals surface area contributed by atoms with Crippen LogP contribution in [-0.2, 0) is 4.79 Å². The molecule has 0 aromatic rings. The molecule has 1 radical (unpaired) electrons. The highest BCUT2D eigenvalue weighted by Crippen LogP contribution is 2.06. The molecule has 1 amide bonds. The standard InChI is InChI=1S/C9H18N3O/c1-3-9(2)12(8-13)11-6-4-10-5-7-11/h9-10H,3-7H2,1-2H3. The van der Waals surface area contributed by atoms with Gasteiger partial charge in [0, 0.05) is 32.2 Å². The molecule has 75 valence electrons. The lowest BCUT2D eigenvalue weighted by atomic mass is 10.2. The van der Waals surface area contributed by atoms with Crippen LogP contribution in [0.2, 0.25) is 0 Å². The van der Waals surface area contributed by atoms with E-state index in [9.17, 15) is 4.79 Å². The van der Waals surface area contributed by atoms with Crippen molar-refractivity contribution >= 4 is 6.41 Å². The van der Waals surface area contributed by atoms with Gasteiger partial charge in [0.15, 0.2) is 0 Å². The maximum atomic E-state index is 10.7. The molecule has 0 aliphatic carbocycles. The molecule has 1 aliphatic heterocycles. The Kier molecular flexibility index (Phi) is 4.18. The van der Waals surface area contributed by atoms with Crippen molar-refractivity contribution in [3.63, 3.8) is 0 Å². The van der Waals surface area contributed by atoms with Gasteiger partial charge < -0.3 is 5.32 Å². The number of nitrogens with zero attached hydrogens (tertiary/aromatic N) is 2. The molecule has 4 heteroatoms. The lowest BCUT2D eigenvalue weighted by Gasteiger charge is -2.37. The van der Waals surface area contributed by atoms with Crippen molar-refractivity contribution in [1.29, 1.82) is 0 Å². The van der Waals surface area contributed by atoms with Crippen LogP contribution in [0, 0.1) is 0 Å². The van der Waals surface area contributed by atoms with Crippen LogP contribution in [0.3, 0.4) is 0 Å². The first kappa shape index (κ1) is 10.5. The Bertz CT molecular complexity index is 157.